The average molecular weight is 317 g/mol. The summed E-state index contributed by atoms with van der Waals surface area (Å²) in [6.45, 7) is 1.81. The number of ether oxygens (including phenoxy) is 1. The third kappa shape index (κ3) is 3.43. The molecule has 116 valence electrons. The van der Waals surface area contributed by atoms with Crippen LogP contribution in [0.25, 0.3) is 0 Å². The number of nitrogens with one attached hydrogen (secondary N) is 2. The molecule has 2 aromatic carbocycles. The standard InChI is InChI=1S/C18H21ClN2O/c1-22-17-8-3-2-5-14(17)12-21-16-9-10-20-18(16)13-6-4-7-15(19)11-13/h2-8,11,16,18,20-21H,9-10,12H2,1H3/t16-,18-/m0/s1. The van der Waals surface area contributed by atoms with Gasteiger partial charge in [-0.25, -0.2) is 0 Å². The molecule has 0 saturated carbocycles. The van der Waals surface area contributed by atoms with E-state index in [9.17, 15) is 0 Å². The SMILES string of the molecule is COc1ccccc1CN[C@H]1CCN[C@H]1c1cccc(Cl)c1. The smallest absolute Gasteiger partial charge is 0.123 e. The van der Waals surface area contributed by atoms with E-state index in [-0.39, 0.29) is 0 Å². The maximum Gasteiger partial charge on any atom is 0.123 e. The van der Waals surface area contributed by atoms with Crippen LogP contribution in [0, 0.1) is 0 Å². The first kappa shape index (κ1) is 15.3. The molecule has 0 amide bonds. The van der Waals surface area contributed by atoms with Gasteiger partial charge in [-0.3, -0.25) is 0 Å². The van der Waals surface area contributed by atoms with Gasteiger partial charge in [0.1, 0.15) is 5.75 Å². The highest BCUT2D eigenvalue weighted by atomic mass is 35.5. The van der Waals surface area contributed by atoms with Crippen molar-refractivity contribution in [3.8, 4) is 5.75 Å². The molecule has 1 aliphatic rings. The van der Waals surface area contributed by atoms with Crippen LogP contribution in [0.1, 0.15) is 23.6 Å². The molecule has 3 nitrogen and oxygen atoms in total. The van der Waals surface area contributed by atoms with Crippen LogP contribution < -0.4 is 15.4 Å². The van der Waals surface area contributed by atoms with Gasteiger partial charge in [0.25, 0.3) is 0 Å². The lowest BCUT2D eigenvalue weighted by atomic mass is 10.0. The Kier molecular flexibility index (Phi) is 4.98. The molecule has 2 aromatic rings. The number of benzene rings is 2. The fourth-order valence-corrected chi connectivity index (χ4v) is 3.26. The quantitative estimate of drug-likeness (QED) is 0.885. The Morgan fingerprint density at radius 3 is 2.91 bits per heavy atom. The molecule has 0 bridgehead atoms. The Balaban J connectivity index is 1.69. The fraction of sp³-hybridized carbons (Fsp3) is 0.333. The van der Waals surface area contributed by atoms with Gasteiger partial charge in [0.2, 0.25) is 0 Å². The highest BCUT2D eigenvalue weighted by Crippen LogP contribution is 2.26. The lowest BCUT2D eigenvalue weighted by molar-refractivity contribution is 0.401. The van der Waals surface area contributed by atoms with Gasteiger partial charge in [0, 0.05) is 29.2 Å². The van der Waals surface area contributed by atoms with Crippen LogP contribution in [0.5, 0.6) is 5.75 Å². The highest BCUT2D eigenvalue weighted by Gasteiger charge is 2.27. The van der Waals surface area contributed by atoms with Crippen LogP contribution >= 0.6 is 11.6 Å². The molecule has 1 heterocycles. The minimum absolute atomic E-state index is 0.299. The minimum Gasteiger partial charge on any atom is -0.496 e. The molecule has 2 atom stereocenters. The lowest BCUT2D eigenvalue weighted by Crippen LogP contribution is -2.34. The van der Waals surface area contributed by atoms with E-state index < -0.39 is 0 Å². The van der Waals surface area contributed by atoms with Crippen molar-refractivity contribution in [2.75, 3.05) is 13.7 Å². The molecule has 3 rings (SSSR count). The average Bonchev–Trinajstić information content (AvgIpc) is 3.01. The van der Waals surface area contributed by atoms with Crippen molar-refractivity contribution in [2.45, 2.75) is 25.0 Å². The van der Waals surface area contributed by atoms with E-state index in [0.29, 0.717) is 12.1 Å². The summed E-state index contributed by atoms with van der Waals surface area (Å²) in [5.74, 6) is 0.931. The zero-order valence-corrected chi connectivity index (χ0v) is 13.4. The Morgan fingerprint density at radius 1 is 1.23 bits per heavy atom. The molecule has 0 aliphatic carbocycles. The number of halogens is 1. The van der Waals surface area contributed by atoms with E-state index in [2.05, 4.69) is 22.8 Å². The lowest BCUT2D eigenvalue weighted by Gasteiger charge is -2.22. The molecule has 2 N–H and O–H groups in total. The molecule has 0 aromatic heterocycles. The maximum atomic E-state index is 6.12. The molecule has 1 aliphatic heterocycles. The predicted molar refractivity (Wildman–Crippen MR) is 90.4 cm³/mol. The number of rotatable bonds is 5. The molecule has 0 radical (unpaired) electrons. The Bertz CT molecular complexity index is 632. The summed E-state index contributed by atoms with van der Waals surface area (Å²) in [4.78, 5) is 0. The van der Waals surface area contributed by atoms with Gasteiger partial charge in [0.15, 0.2) is 0 Å². The summed E-state index contributed by atoms with van der Waals surface area (Å²) in [5.41, 5.74) is 2.42. The first-order chi connectivity index (χ1) is 10.8. The van der Waals surface area contributed by atoms with Gasteiger partial charge >= 0.3 is 0 Å². The van der Waals surface area contributed by atoms with Crippen LogP contribution in [-0.4, -0.2) is 19.7 Å². The molecule has 1 fully saturated rings. The van der Waals surface area contributed by atoms with E-state index >= 15 is 0 Å². The summed E-state index contributed by atoms with van der Waals surface area (Å²) < 4.78 is 5.41. The van der Waals surface area contributed by atoms with Gasteiger partial charge in [-0.2, -0.15) is 0 Å². The van der Waals surface area contributed by atoms with Gasteiger partial charge in [0.05, 0.1) is 7.11 Å². The van der Waals surface area contributed by atoms with Crippen LogP contribution in [0.3, 0.4) is 0 Å². The second-order valence-corrected chi connectivity index (χ2v) is 6.01. The second-order valence-electron chi connectivity index (χ2n) is 5.57. The van der Waals surface area contributed by atoms with E-state index in [4.69, 9.17) is 16.3 Å². The number of hydrogen-bond acceptors (Lipinski definition) is 3. The maximum absolute atomic E-state index is 6.12. The van der Waals surface area contributed by atoms with Crippen LogP contribution in [0.2, 0.25) is 5.02 Å². The van der Waals surface area contributed by atoms with Crippen molar-refractivity contribution in [3.63, 3.8) is 0 Å². The van der Waals surface area contributed by atoms with Gasteiger partial charge in [-0.15, -0.1) is 0 Å². The number of methoxy groups -OCH3 is 1. The zero-order valence-electron chi connectivity index (χ0n) is 12.7. The first-order valence-corrected chi connectivity index (χ1v) is 8.00. The van der Waals surface area contributed by atoms with Crippen LogP contribution in [0.15, 0.2) is 48.5 Å². The van der Waals surface area contributed by atoms with Crippen LogP contribution in [0.4, 0.5) is 0 Å². The molecule has 0 unspecified atom stereocenters. The van der Waals surface area contributed by atoms with E-state index in [1.807, 2.05) is 36.4 Å². The third-order valence-corrected chi connectivity index (χ3v) is 4.41. The van der Waals surface area contributed by atoms with Gasteiger partial charge in [-0.1, -0.05) is 41.9 Å². The van der Waals surface area contributed by atoms with Crippen molar-refractivity contribution < 1.29 is 4.74 Å². The van der Waals surface area contributed by atoms with Crippen molar-refractivity contribution in [2.24, 2.45) is 0 Å². The van der Waals surface area contributed by atoms with E-state index in [1.54, 1.807) is 7.11 Å². The Hall–Kier alpha value is -1.55. The summed E-state index contributed by atoms with van der Waals surface area (Å²) >= 11 is 6.12. The number of para-hydroxylation sites is 1. The third-order valence-electron chi connectivity index (χ3n) is 4.18. The molecule has 4 heteroatoms. The molecule has 22 heavy (non-hydrogen) atoms. The van der Waals surface area contributed by atoms with Crippen LogP contribution in [-0.2, 0) is 6.54 Å². The first-order valence-electron chi connectivity index (χ1n) is 7.62. The Morgan fingerprint density at radius 2 is 2.09 bits per heavy atom. The predicted octanol–water partition coefficient (Wildman–Crippen LogP) is 3.54. The molecular weight excluding hydrogens is 296 g/mol. The molecular formula is C18H21ClN2O. The summed E-state index contributed by atoms with van der Waals surface area (Å²) in [6.07, 6.45) is 1.10. The van der Waals surface area contributed by atoms with E-state index in [0.717, 1.165) is 30.3 Å². The van der Waals surface area contributed by atoms with E-state index in [1.165, 1.54) is 11.1 Å². The normalized spacial score (nSPS) is 21.0. The monoisotopic (exact) mass is 316 g/mol. The molecule has 1 saturated heterocycles. The van der Waals surface area contributed by atoms with Gasteiger partial charge < -0.3 is 15.4 Å². The highest BCUT2D eigenvalue weighted by molar-refractivity contribution is 6.30. The summed E-state index contributed by atoms with van der Waals surface area (Å²) in [5, 5.41) is 8.00. The molecule has 0 spiro atoms. The van der Waals surface area contributed by atoms with Crippen molar-refractivity contribution in [1.29, 1.82) is 0 Å². The number of hydrogen-bond donors (Lipinski definition) is 2. The largest absolute Gasteiger partial charge is 0.496 e. The Labute approximate surface area is 136 Å². The van der Waals surface area contributed by atoms with Gasteiger partial charge in [-0.05, 0) is 36.7 Å². The topological polar surface area (TPSA) is 33.3 Å². The van der Waals surface area contributed by atoms with Crippen molar-refractivity contribution >= 4 is 11.6 Å². The van der Waals surface area contributed by atoms with Crippen molar-refractivity contribution in [3.05, 3.63) is 64.7 Å². The summed E-state index contributed by atoms with van der Waals surface area (Å²) in [6, 6.07) is 16.9. The minimum atomic E-state index is 0.299. The van der Waals surface area contributed by atoms with Crippen molar-refractivity contribution in [1.82, 2.24) is 10.6 Å². The fourth-order valence-electron chi connectivity index (χ4n) is 3.06. The second kappa shape index (κ2) is 7.14. The zero-order chi connectivity index (χ0) is 15.4. The summed E-state index contributed by atoms with van der Waals surface area (Å²) in [7, 11) is 1.71.